The topological polar surface area (TPSA) is 78.2 Å². The summed E-state index contributed by atoms with van der Waals surface area (Å²) in [4.78, 5) is 11.7. The van der Waals surface area contributed by atoms with Crippen molar-refractivity contribution in [1.82, 2.24) is 0 Å². The molecule has 2 rings (SSSR count). The number of hydrogen-bond donors (Lipinski definition) is 0. The number of nitrogens with zero attached hydrogens (tertiary/aromatic N) is 2. The van der Waals surface area contributed by atoms with Crippen LogP contribution in [0.1, 0.15) is 23.7 Å². The number of rotatable bonds is 2. The van der Waals surface area contributed by atoms with Gasteiger partial charge in [0.25, 0.3) is 10.0 Å². The number of benzene rings is 1. The Balaban J connectivity index is 2.54. The average Bonchev–Trinajstić information content (AvgIpc) is 2.38. The number of nitriles is 1. The van der Waals surface area contributed by atoms with Gasteiger partial charge >= 0.3 is 0 Å². The van der Waals surface area contributed by atoms with Crippen LogP contribution in [0.5, 0.6) is 0 Å². The number of fused-ring (bicyclic) bond motifs is 1. The molecule has 1 atom stereocenters. The molecule has 1 aromatic rings. The predicted octanol–water partition coefficient (Wildman–Crippen LogP) is 1.32. The van der Waals surface area contributed by atoms with Crippen molar-refractivity contribution in [1.29, 1.82) is 5.26 Å². The van der Waals surface area contributed by atoms with Crippen molar-refractivity contribution in [2.24, 2.45) is 0 Å². The number of carbonyl (C=O) groups is 1. The van der Waals surface area contributed by atoms with E-state index in [1.807, 2.05) is 0 Å². The van der Waals surface area contributed by atoms with E-state index in [0.29, 0.717) is 11.3 Å². The third-order valence-corrected chi connectivity index (χ3v) is 4.94. The zero-order chi connectivity index (χ0) is 13.3. The summed E-state index contributed by atoms with van der Waals surface area (Å²) >= 11 is 0. The highest BCUT2D eigenvalue weighted by Crippen LogP contribution is 2.30. The highest BCUT2D eigenvalue weighted by atomic mass is 32.2. The van der Waals surface area contributed by atoms with Crippen LogP contribution in [0.3, 0.4) is 0 Å². The van der Waals surface area contributed by atoms with Gasteiger partial charge in [-0.3, -0.25) is 9.10 Å². The first-order valence-electron chi connectivity index (χ1n) is 5.52. The van der Waals surface area contributed by atoms with Gasteiger partial charge in [0, 0.05) is 18.5 Å². The molecule has 0 aliphatic carbocycles. The van der Waals surface area contributed by atoms with Gasteiger partial charge in [0.2, 0.25) is 0 Å². The van der Waals surface area contributed by atoms with E-state index in [1.165, 1.54) is 6.92 Å². The van der Waals surface area contributed by atoms with Crippen molar-refractivity contribution in [3.05, 3.63) is 29.8 Å². The first-order chi connectivity index (χ1) is 8.48. The Bertz CT molecular complexity index is 631. The summed E-state index contributed by atoms with van der Waals surface area (Å²) in [5.74, 6) is -0.0679. The molecular formula is C12H12N2O3S. The van der Waals surface area contributed by atoms with Gasteiger partial charge in [0.1, 0.15) is 0 Å². The summed E-state index contributed by atoms with van der Waals surface area (Å²) in [5.41, 5.74) is 0.772. The Morgan fingerprint density at radius 2 is 2.06 bits per heavy atom. The van der Waals surface area contributed by atoms with Crippen LogP contribution in [0, 0.1) is 11.3 Å². The molecule has 0 N–H and O–H groups in total. The molecule has 6 heteroatoms. The lowest BCUT2D eigenvalue weighted by molar-refractivity contribution is 0.0982. The van der Waals surface area contributed by atoms with E-state index in [-0.39, 0.29) is 18.7 Å². The molecule has 0 bridgehead atoms. The summed E-state index contributed by atoms with van der Waals surface area (Å²) in [6.07, 6.45) is 0.147. The fraction of sp³-hybridized carbons (Fsp3) is 0.333. The average molecular weight is 264 g/mol. The maximum absolute atomic E-state index is 12.2. The summed E-state index contributed by atoms with van der Waals surface area (Å²) in [6.45, 7) is 1.44. The molecular weight excluding hydrogens is 252 g/mol. The second kappa shape index (κ2) is 4.42. The van der Waals surface area contributed by atoms with Crippen LogP contribution in [0.25, 0.3) is 0 Å². The Morgan fingerprint density at radius 1 is 1.39 bits per heavy atom. The van der Waals surface area contributed by atoms with E-state index in [2.05, 4.69) is 0 Å². The highest BCUT2D eigenvalue weighted by molar-refractivity contribution is 7.93. The highest BCUT2D eigenvalue weighted by Gasteiger charge is 2.34. The van der Waals surface area contributed by atoms with E-state index in [9.17, 15) is 13.2 Å². The minimum atomic E-state index is -3.73. The number of para-hydroxylation sites is 1. The van der Waals surface area contributed by atoms with Gasteiger partial charge in [0.15, 0.2) is 11.0 Å². The summed E-state index contributed by atoms with van der Waals surface area (Å²) in [7, 11) is -3.73. The quantitative estimate of drug-likeness (QED) is 0.807. The molecule has 1 aliphatic rings. The number of carbonyl (C=O) groups excluding carboxylic acids is 1. The van der Waals surface area contributed by atoms with E-state index < -0.39 is 15.3 Å². The summed E-state index contributed by atoms with van der Waals surface area (Å²) in [6, 6.07) is 8.30. The van der Waals surface area contributed by atoms with Gasteiger partial charge in [-0.05, 0) is 19.1 Å². The van der Waals surface area contributed by atoms with Crippen LogP contribution in [0.2, 0.25) is 0 Å². The van der Waals surface area contributed by atoms with Crippen molar-refractivity contribution in [2.75, 3.05) is 10.8 Å². The molecule has 0 amide bonds. The normalized spacial score (nSPS) is 16.9. The minimum absolute atomic E-state index is 0.0679. The van der Waals surface area contributed by atoms with Crippen LogP contribution >= 0.6 is 0 Å². The van der Waals surface area contributed by atoms with Gasteiger partial charge in [0.05, 0.1) is 11.8 Å². The Hall–Kier alpha value is -1.87. The summed E-state index contributed by atoms with van der Waals surface area (Å²) < 4.78 is 25.5. The molecule has 0 aromatic heterocycles. The zero-order valence-electron chi connectivity index (χ0n) is 9.83. The Kier molecular flexibility index (Phi) is 3.09. The van der Waals surface area contributed by atoms with E-state index in [1.54, 1.807) is 30.3 Å². The number of anilines is 1. The molecule has 1 aliphatic heterocycles. The van der Waals surface area contributed by atoms with Crippen LogP contribution in [0.4, 0.5) is 5.69 Å². The maximum Gasteiger partial charge on any atom is 0.251 e. The SMILES string of the molecule is CC(C#N)S(=O)(=O)N1CCC(=O)c2ccccc21. The van der Waals surface area contributed by atoms with Crippen LogP contribution in [-0.2, 0) is 10.0 Å². The predicted molar refractivity (Wildman–Crippen MR) is 66.7 cm³/mol. The number of ketones is 1. The van der Waals surface area contributed by atoms with Crippen LogP contribution < -0.4 is 4.31 Å². The second-order valence-electron chi connectivity index (χ2n) is 4.08. The van der Waals surface area contributed by atoms with E-state index in [4.69, 9.17) is 5.26 Å². The monoisotopic (exact) mass is 264 g/mol. The molecule has 1 unspecified atom stereocenters. The van der Waals surface area contributed by atoms with Gasteiger partial charge in [-0.15, -0.1) is 0 Å². The molecule has 18 heavy (non-hydrogen) atoms. The first-order valence-corrected chi connectivity index (χ1v) is 7.02. The molecule has 0 fully saturated rings. The van der Waals surface area contributed by atoms with Crippen LogP contribution in [-0.4, -0.2) is 26.0 Å². The molecule has 1 heterocycles. The smallest absolute Gasteiger partial charge is 0.251 e. The number of hydrogen-bond acceptors (Lipinski definition) is 4. The molecule has 94 valence electrons. The second-order valence-corrected chi connectivity index (χ2v) is 6.26. The van der Waals surface area contributed by atoms with Gasteiger partial charge in [-0.25, -0.2) is 8.42 Å². The molecule has 0 saturated heterocycles. The van der Waals surface area contributed by atoms with Crippen molar-refractivity contribution >= 4 is 21.5 Å². The van der Waals surface area contributed by atoms with Crippen molar-refractivity contribution in [2.45, 2.75) is 18.6 Å². The van der Waals surface area contributed by atoms with Crippen molar-refractivity contribution in [3.63, 3.8) is 0 Å². The molecule has 0 radical (unpaired) electrons. The third kappa shape index (κ3) is 1.87. The fourth-order valence-electron chi connectivity index (χ4n) is 1.91. The minimum Gasteiger partial charge on any atom is -0.294 e. The van der Waals surface area contributed by atoms with Gasteiger partial charge in [-0.2, -0.15) is 5.26 Å². The van der Waals surface area contributed by atoms with E-state index in [0.717, 1.165) is 4.31 Å². The maximum atomic E-state index is 12.2. The van der Waals surface area contributed by atoms with Gasteiger partial charge in [-0.1, -0.05) is 12.1 Å². The third-order valence-electron chi connectivity index (χ3n) is 2.95. The molecule has 1 aromatic carbocycles. The Labute approximate surface area is 106 Å². The molecule has 5 nitrogen and oxygen atoms in total. The van der Waals surface area contributed by atoms with Crippen molar-refractivity contribution in [3.8, 4) is 6.07 Å². The van der Waals surface area contributed by atoms with Crippen LogP contribution in [0.15, 0.2) is 24.3 Å². The molecule has 0 saturated carbocycles. The van der Waals surface area contributed by atoms with Gasteiger partial charge < -0.3 is 0 Å². The Morgan fingerprint density at radius 3 is 2.72 bits per heavy atom. The zero-order valence-corrected chi connectivity index (χ0v) is 10.6. The molecule has 0 spiro atoms. The fourth-order valence-corrected chi connectivity index (χ4v) is 3.20. The largest absolute Gasteiger partial charge is 0.294 e. The summed E-state index contributed by atoms with van der Waals surface area (Å²) in [5, 5.41) is 7.65. The lowest BCUT2D eigenvalue weighted by atomic mass is 10.0. The number of sulfonamides is 1. The lowest BCUT2D eigenvalue weighted by Crippen LogP contribution is -2.41. The van der Waals surface area contributed by atoms with Crippen molar-refractivity contribution < 1.29 is 13.2 Å². The van der Waals surface area contributed by atoms with E-state index >= 15 is 0 Å². The first kappa shape index (κ1) is 12.6. The standard InChI is InChI=1S/C12H12N2O3S/c1-9(8-13)18(16,17)14-7-6-12(15)10-4-2-3-5-11(10)14/h2-5,9H,6-7H2,1H3. The number of Topliss-reactive ketones (excluding diaryl/α,β-unsaturated/α-hetero) is 1. The lowest BCUT2D eigenvalue weighted by Gasteiger charge is -2.30.